The lowest BCUT2D eigenvalue weighted by molar-refractivity contribution is -0.121. The Bertz CT molecular complexity index is 1900. The summed E-state index contributed by atoms with van der Waals surface area (Å²) in [4.78, 5) is 49.2. The van der Waals surface area contributed by atoms with E-state index in [9.17, 15) is 14.4 Å². The Morgan fingerprint density at radius 1 is 0.981 bits per heavy atom. The van der Waals surface area contributed by atoms with Gasteiger partial charge in [0.05, 0.1) is 47.2 Å². The van der Waals surface area contributed by atoms with Crippen LogP contribution in [0.15, 0.2) is 65.9 Å². The average Bonchev–Trinajstić information content (AvgIpc) is 4.09. The first kappa shape index (κ1) is 37.4. The standard InChI is InChI=1S/C37H47N11O3.C2H6/c1-4-47(5-2)37(51)29-11-6-8-24(41-29)18-46-19-25(20-46)48-31-21-45(3)34-26(27(31)17-40-48)9-7-10-28(34)43-30(33(39)36(50)42-23-14-15-23)16-32(38)44-35(49)22-12-13-22;1-2/h6-11,16-17,22-23,25,43H,4-5,12-15,18-21,38-39H2,1-3H3,(H,42,50)(H,44,49);1-2H3/b32-16+,33-30+;. The Balaban J connectivity index is 0.00000236. The second-order valence-electron chi connectivity index (χ2n) is 13.9. The quantitative estimate of drug-likeness (QED) is 0.129. The van der Waals surface area contributed by atoms with Crippen LogP contribution in [0.3, 0.4) is 0 Å². The number of para-hydroxylation sites is 1. The highest BCUT2D eigenvalue weighted by atomic mass is 16.2. The number of anilines is 2. The van der Waals surface area contributed by atoms with Gasteiger partial charge in [-0.15, -0.1) is 0 Å². The van der Waals surface area contributed by atoms with Gasteiger partial charge in [0.25, 0.3) is 11.8 Å². The van der Waals surface area contributed by atoms with Gasteiger partial charge in [0, 0.05) is 68.9 Å². The number of carbonyl (C=O) groups excluding carboxylic acids is 3. The maximum atomic E-state index is 13.0. The van der Waals surface area contributed by atoms with E-state index in [4.69, 9.17) is 16.6 Å². The van der Waals surface area contributed by atoms with Crippen LogP contribution in [0.2, 0.25) is 0 Å². The van der Waals surface area contributed by atoms with Crippen LogP contribution in [0.1, 0.15) is 81.3 Å². The zero-order valence-corrected chi connectivity index (χ0v) is 31.5. The third-order valence-corrected chi connectivity index (χ3v) is 9.97. The molecular weight excluding hydrogens is 671 g/mol. The number of nitrogens with two attached hydrogens (primary N) is 2. The molecule has 14 nitrogen and oxygen atoms in total. The number of hydrogen-bond donors (Lipinski definition) is 5. The van der Waals surface area contributed by atoms with Crippen molar-refractivity contribution in [3.05, 3.63) is 83.0 Å². The van der Waals surface area contributed by atoms with E-state index in [-0.39, 0.29) is 47.2 Å². The molecule has 7 rings (SSSR count). The van der Waals surface area contributed by atoms with E-state index in [2.05, 4.69) is 41.5 Å². The fraction of sp³-hybridized carbons (Fsp3) is 0.462. The van der Waals surface area contributed by atoms with Crippen molar-refractivity contribution in [2.45, 2.75) is 78.6 Å². The first-order chi connectivity index (χ1) is 25.6. The molecule has 14 heteroatoms. The Kier molecular flexibility index (Phi) is 11.4. The first-order valence-electron chi connectivity index (χ1n) is 18.9. The van der Waals surface area contributed by atoms with Crippen molar-refractivity contribution in [2.75, 3.05) is 43.4 Å². The molecule has 1 aromatic carbocycles. The summed E-state index contributed by atoms with van der Waals surface area (Å²) >= 11 is 0. The molecule has 3 amide bonds. The highest BCUT2D eigenvalue weighted by Gasteiger charge is 2.35. The van der Waals surface area contributed by atoms with E-state index in [1.165, 1.54) is 6.08 Å². The van der Waals surface area contributed by atoms with Crippen LogP contribution in [0, 0.1) is 5.92 Å². The predicted octanol–water partition coefficient (Wildman–Crippen LogP) is 3.65. The minimum atomic E-state index is -0.384. The number of likely N-dealkylation sites (tertiary alicyclic amines) is 1. The summed E-state index contributed by atoms with van der Waals surface area (Å²) in [6.07, 6.45) is 6.99. The van der Waals surface area contributed by atoms with Gasteiger partial charge in [-0.05, 0) is 57.7 Å². The van der Waals surface area contributed by atoms with Crippen LogP contribution in [0.25, 0.3) is 11.1 Å². The van der Waals surface area contributed by atoms with Crippen LogP contribution < -0.4 is 32.3 Å². The summed E-state index contributed by atoms with van der Waals surface area (Å²) < 4.78 is 2.14. The summed E-state index contributed by atoms with van der Waals surface area (Å²) in [6.45, 7) is 12.2. The molecular formula is C39H53N11O3. The maximum Gasteiger partial charge on any atom is 0.272 e. The molecule has 0 atom stereocenters. The number of benzene rings is 1. The van der Waals surface area contributed by atoms with Crippen molar-refractivity contribution in [3.63, 3.8) is 0 Å². The Hall–Kier alpha value is -5.37. The van der Waals surface area contributed by atoms with E-state index in [0.717, 1.165) is 72.7 Å². The lowest BCUT2D eigenvalue weighted by atomic mass is 9.97. The van der Waals surface area contributed by atoms with Gasteiger partial charge in [0.1, 0.15) is 17.2 Å². The summed E-state index contributed by atoms with van der Waals surface area (Å²) in [5.74, 6) is -0.463. The number of fused-ring (bicyclic) bond motifs is 3. The number of hydrogen-bond acceptors (Lipinski definition) is 10. The molecule has 4 heterocycles. The van der Waals surface area contributed by atoms with E-state index in [0.29, 0.717) is 37.6 Å². The number of amides is 3. The Morgan fingerprint density at radius 3 is 2.38 bits per heavy atom. The summed E-state index contributed by atoms with van der Waals surface area (Å²) in [6, 6.07) is 12.0. The largest absolute Gasteiger partial charge is 0.393 e. The number of carbonyl (C=O) groups is 3. The van der Waals surface area contributed by atoms with Gasteiger partial charge in [-0.25, -0.2) is 4.98 Å². The molecule has 1 saturated heterocycles. The molecule has 4 aliphatic rings. The zero-order valence-electron chi connectivity index (χ0n) is 31.5. The molecule has 2 saturated carbocycles. The molecule has 7 N–H and O–H groups in total. The fourth-order valence-corrected chi connectivity index (χ4v) is 6.80. The van der Waals surface area contributed by atoms with E-state index in [1.807, 2.05) is 65.2 Å². The molecule has 3 aromatic rings. The molecule has 0 spiro atoms. The topological polar surface area (TPSA) is 180 Å². The predicted molar refractivity (Wildman–Crippen MR) is 206 cm³/mol. The summed E-state index contributed by atoms with van der Waals surface area (Å²) in [5, 5.41) is 13.9. The molecule has 53 heavy (non-hydrogen) atoms. The van der Waals surface area contributed by atoms with Crippen molar-refractivity contribution in [2.24, 2.45) is 17.4 Å². The van der Waals surface area contributed by atoms with E-state index in [1.54, 1.807) is 11.0 Å². The fourth-order valence-electron chi connectivity index (χ4n) is 6.80. The van der Waals surface area contributed by atoms with Gasteiger partial charge < -0.3 is 37.2 Å². The number of aromatic nitrogens is 3. The van der Waals surface area contributed by atoms with Gasteiger partial charge in [-0.3, -0.25) is 24.0 Å². The lowest BCUT2D eigenvalue weighted by Crippen LogP contribution is -2.48. The van der Waals surface area contributed by atoms with Crippen LogP contribution in [0.5, 0.6) is 0 Å². The number of nitrogens with one attached hydrogen (secondary N) is 3. The minimum absolute atomic E-state index is 0.0120. The molecule has 282 valence electrons. The second-order valence-corrected chi connectivity index (χ2v) is 13.9. The number of nitrogens with zero attached hydrogens (tertiary/aromatic N) is 6. The highest BCUT2D eigenvalue weighted by Crippen LogP contribution is 2.44. The van der Waals surface area contributed by atoms with Gasteiger partial charge in [-0.1, -0.05) is 32.0 Å². The maximum absolute atomic E-state index is 13.0. The molecule has 2 aliphatic heterocycles. The third kappa shape index (κ3) is 8.32. The van der Waals surface area contributed by atoms with Crippen molar-refractivity contribution < 1.29 is 14.4 Å². The number of rotatable bonds is 13. The van der Waals surface area contributed by atoms with Crippen molar-refractivity contribution >= 4 is 29.1 Å². The van der Waals surface area contributed by atoms with Crippen LogP contribution in [0.4, 0.5) is 11.4 Å². The van der Waals surface area contributed by atoms with Crippen molar-refractivity contribution in [1.82, 2.24) is 35.2 Å². The number of pyridine rings is 1. The summed E-state index contributed by atoms with van der Waals surface area (Å²) in [5.41, 5.74) is 19.2. The Labute approximate surface area is 311 Å². The molecule has 0 bridgehead atoms. The van der Waals surface area contributed by atoms with Crippen LogP contribution >= 0.6 is 0 Å². The molecule has 2 aliphatic carbocycles. The first-order valence-corrected chi connectivity index (χ1v) is 18.9. The average molecular weight is 724 g/mol. The lowest BCUT2D eigenvalue weighted by Gasteiger charge is -2.40. The van der Waals surface area contributed by atoms with Crippen LogP contribution in [-0.4, -0.2) is 81.6 Å². The normalized spacial score (nSPS) is 17.3. The monoisotopic (exact) mass is 723 g/mol. The molecule has 2 aromatic heterocycles. The molecule has 0 radical (unpaired) electrons. The smallest absolute Gasteiger partial charge is 0.272 e. The van der Waals surface area contributed by atoms with Crippen molar-refractivity contribution in [1.29, 1.82) is 0 Å². The third-order valence-electron chi connectivity index (χ3n) is 9.97. The van der Waals surface area contributed by atoms with Crippen LogP contribution in [-0.2, 0) is 22.7 Å². The van der Waals surface area contributed by atoms with Gasteiger partial charge >= 0.3 is 0 Å². The van der Waals surface area contributed by atoms with E-state index >= 15 is 0 Å². The summed E-state index contributed by atoms with van der Waals surface area (Å²) in [7, 11) is 2.03. The minimum Gasteiger partial charge on any atom is -0.393 e. The molecule has 0 unspecified atom stereocenters. The second kappa shape index (κ2) is 16.1. The van der Waals surface area contributed by atoms with Gasteiger partial charge in [0.15, 0.2) is 0 Å². The van der Waals surface area contributed by atoms with E-state index < -0.39 is 0 Å². The van der Waals surface area contributed by atoms with Gasteiger partial charge in [0.2, 0.25) is 5.91 Å². The number of allylic oxidation sites excluding steroid dienone is 1. The Morgan fingerprint density at radius 2 is 1.70 bits per heavy atom. The highest BCUT2D eigenvalue weighted by molar-refractivity contribution is 5.96. The van der Waals surface area contributed by atoms with Crippen molar-refractivity contribution in [3.8, 4) is 11.1 Å². The SMILES string of the molecule is CC.CCN(CC)C(=O)c1cccc(CN2CC(n3ncc4c3CN(C)c3c(NC(/C=C(\N)NC(=O)C5CC5)=C(/N)C(=O)NC5CC5)cccc3-4)C2)n1. The van der Waals surface area contributed by atoms with Gasteiger partial charge in [-0.2, -0.15) is 5.10 Å². The molecule has 3 fully saturated rings. The zero-order chi connectivity index (χ0) is 37.8.